The predicted molar refractivity (Wildman–Crippen MR) is 127 cm³/mol. The summed E-state index contributed by atoms with van der Waals surface area (Å²) in [6.45, 7) is 10.9. The molecule has 0 saturated carbocycles. The summed E-state index contributed by atoms with van der Waals surface area (Å²) >= 11 is 1.74. The Morgan fingerprint density at radius 1 is 1.26 bits per heavy atom. The predicted octanol–water partition coefficient (Wildman–Crippen LogP) is 3.96. The van der Waals surface area contributed by atoms with Gasteiger partial charge in [0.2, 0.25) is 0 Å². The van der Waals surface area contributed by atoms with Crippen LogP contribution in [0.25, 0.3) is 0 Å². The number of nitrogens with one attached hydrogen (secondary N) is 2. The molecule has 1 aromatic carbocycles. The van der Waals surface area contributed by atoms with Crippen LogP contribution in [0, 0.1) is 19.8 Å². The Morgan fingerprint density at radius 2 is 2.04 bits per heavy atom. The molecule has 1 aliphatic rings. The van der Waals surface area contributed by atoms with E-state index >= 15 is 0 Å². The van der Waals surface area contributed by atoms with Gasteiger partial charge >= 0.3 is 0 Å². The van der Waals surface area contributed by atoms with Crippen LogP contribution in [0.1, 0.15) is 28.9 Å². The minimum absolute atomic E-state index is 0. The van der Waals surface area contributed by atoms with Gasteiger partial charge in [0.15, 0.2) is 5.96 Å². The second-order valence-corrected chi connectivity index (χ2v) is 8.05. The van der Waals surface area contributed by atoms with Crippen LogP contribution < -0.4 is 15.5 Å². The maximum atomic E-state index is 4.71. The van der Waals surface area contributed by atoms with Crippen molar-refractivity contribution < 1.29 is 0 Å². The van der Waals surface area contributed by atoms with E-state index in [9.17, 15) is 0 Å². The number of hydrogen-bond donors (Lipinski definition) is 2. The van der Waals surface area contributed by atoms with Crippen molar-refractivity contribution >= 4 is 47.0 Å². The first-order valence-electron chi connectivity index (χ1n) is 9.40. The molecular formula is C20H30IN5S. The van der Waals surface area contributed by atoms with Gasteiger partial charge in [-0.25, -0.2) is 9.98 Å². The van der Waals surface area contributed by atoms with Gasteiger partial charge in [-0.2, -0.15) is 0 Å². The number of para-hydroxylation sites is 1. The van der Waals surface area contributed by atoms with Gasteiger partial charge in [-0.05, 0) is 45.2 Å². The van der Waals surface area contributed by atoms with Gasteiger partial charge in [-0.15, -0.1) is 35.3 Å². The van der Waals surface area contributed by atoms with Crippen molar-refractivity contribution in [1.29, 1.82) is 0 Å². The molecule has 2 N–H and O–H groups in total. The summed E-state index contributed by atoms with van der Waals surface area (Å²) in [7, 11) is 0. The number of halogens is 1. The van der Waals surface area contributed by atoms with Crippen LogP contribution in [0.15, 0.2) is 35.3 Å². The monoisotopic (exact) mass is 499 g/mol. The van der Waals surface area contributed by atoms with Gasteiger partial charge in [0, 0.05) is 36.7 Å². The smallest absolute Gasteiger partial charge is 0.191 e. The van der Waals surface area contributed by atoms with E-state index in [-0.39, 0.29) is 24.0 Å². The second kappa shape index (κ2) is 10.8. The molecule has 5 nitrogen and oxygen atoms in total. The van der Waals surface area contributed by atoms with Gasteiger partial charge < -0.3 is 15.5 Å². The molecule has 1 aliphatic heterocycles. The van der Waals surface area contributed by atoms with Crippen LogP contribution in [0.4, 0.5) is 5.69 Å². The van der Waals surface area contributed by atoms with E-state index in [1.165, 1.54) is 17.0 Å². The molecule has 3 rings (SSSR count). The fraction of sp³-hybridized carbons (Fsp3) is 0.500. The van der Waals surface area contributed by atoms with Gasteiger partial charge in [-0.3, -0.25) is 0 Å². The molecule has 148 valence electrons. The highest BCUT2D eigenvalue weighted by molar-refractivity contribution is 14.0. The zero-order valence-electron chi connectivity index (χ0n) is 16.4. The molecule has 0 amide bonds. The number of thiazole rings is 1. The van der Waals surface area contributed by atoms with Crippen molar-refractivity contribution in [1.82, 2.24) is 15.6 Å². The number of aromatic nitrogens is 1. The molecule has 0 radical (unpaired) electrons. The minimum Gasteiger partial charge on any atom is -0.371 e. The summed E-state index contributed by atoms with van der Waals surface area (Å²) in [6.07, 6.45) is 1.21. The van der Waals surface area contributed by atoms with Crippen LogP contribution in [-0.4, -0.2) is 37.1 Å². The fourth-order valence-electron chi connectivity index (χ4n) is 3.21. The molecule has 1 unspecified atom stereocenters. The van der Waals surface area contributed by atoms with E-state index in [2.05, 4.69) is 71.6 Å². The highest BCUT2D eigenvalue weighted by Gasteiger charge is 2.22. The van der Waals surface area contributed by atoms with Gasteiger partial charge in [-0.1, -0.05) is 18.2 Å². The Hall–Kier alpha value is -1.35. The molecule has 1 aromatic heterocycles. The quantitative estimate of drug-likeness (QED) is 0.359. The number of anilines is 1. The van der Waals surface area contributed by atoms with Crippen molar-refractivity contribution in [3.63, 3.8) is 0 Å². The Balaban J connectivity index is 0.00000261. The first-order chi connectivity index (χ1) is 12.7. The first kappa shape index (κ1) is 21.9. The molecule has 27 heavy (non-hydrogen) atoms. The summed E-state index contributed by atoms with van der Waals surface area (Å²) in [5.41, 5.74) is 2.44. The molecule has 0 bridgehead atoms. The molecular weight excluding hydrogens is 469 g/mol. The SMILES string of the molecule is CCNC(=NCc1nc(C)c(C)s1)NCC1CCN(c2ccccc2)C1.I. The number of aryl methyl sites for hydroxylation is 2. The lowest BCUT2D eigenvalue weighted by molar-refractivity contribution is 0.566. The third-order valence-electron chi connectivity index (χ3n) is 4.75. The van der Waals surface area contributed by atoms with Crippen LogP contribution in [-0.2, 0) is 6.54 Å². The van der Waals surface area contributed by atoms with Crippen molar-refractivity contribution in [2.45, 2.75) is 33.7 Å². The summed E-state index contributed by atoms with van der Waals surface area (Å²) in [5.74, 6) is 1.53. The van der Waals surface area contributed by atoms with E-state index in [4.69, 9.17) is 4.99 Å². The topological polar surface area (TPSA) is 52.6 Å². The largest absolute Gasteiger partial charge is 0.371 e. The number of guanidine groups is 1. The van der Waals surface area contributed by atoms with E-state index in [1.807, 2.05) is 0 Å². The van der Waals surface area contributed by atoms with E-state index in [1.54, 1.807) is 11.3 Å². The number of nitrogens with zero attached hydrogens (tertiary/aromatic N) is 3. The maximum absolute atomic E-state index is 4.71. The number of benzene rings is 1. The number of hydrogen-bond acceptors (Lipinski definition) is 4. The van der Waals surface area contributed by atoms with Crippen LogP contribution in [0.3, 0.4) is 0 Å². The van der Waals surface area contributed by atoms with E-state index in [0.29, 0.717) is 12.5 Å². The van der Waals surface area contributed by atoms with E-state index in [0.717, 1.165) is 42.8 Å². The molecule has 2 heterocycles. The maximum Gasteiger partial charge on any atom is 0.191 e. The Bertz CT molecular complexity index is 712. The summed E-state index contributed by atoms with van der Waals surface area (Å²) < 4.78 is 0. The highest BCUT2D eigenvalue weighted by Crippen LogP contribution is 2.23. The van der Waals surface area contributed by atoms with Crippen LogP contribution in [0.2, 0.25) is 0 Å². The van der Waals surface area contributed by atoms with Crippen molar-refractivity contribution in [2.75, 3.05) is 31.1 Å². The highest BCUT2D eigenvalue weighted by atomic mass is 127. The molecule has 0 aliphatic carbocycles. The number of aliphatic imine (C=N–C) groups is 1. The third-order valence-corrected chi connectivity index (χ3v) is 5.81. The van der Waals surface area contributed by atoms with E-state index < -0.39 is 0 Å². The lowest BCUT2D eigenvalue weighted by atomic mass is 10.1. The molecule has 2 aromatic rings. The normalized spacial score (nSPS) is 16.9. The molecule has 1 fully saturated rings. The standard InChI is InChI=1S/C20H29N5S.HI/c1-4-21-20(23-13-19-24-15(2)16(3)26-19)22-12-17-10-11-25(14-17)18-8-6-5-7-9-18;/h5-9,17H,4,10-14H2,1-3H3,(H2,21,22,23);1H. The molecule has 7 heteroatoms. The molecule has 0 spiro atoms. The summed E-state index contributed by atoms with van der Waals surface area (Å²) in [6, 6.07) is 10.7. The average Bonchev–Trinajstić information content (AvgIpc) is 3.25. The summed E-state index contributed by atoms with van der Waals surface area (Å²) in [5, 5.41) is 7.94. The average molecular weight is 499 g/mol. The minimum atomic E-state index is 0. The zero-order chi connectivity index (χ0) is 18.4. The van der Waals surface area contributed by atoms with Gasteiger partial charge in [0.1, 0.15) is 5.01 Å². The molecule has 1 atom stereocenters. The van der Waals surface area contributed by atoms with Crippen LogP contribution >= 0.6 is 35.3 Å². The third kappa shape index (κ3) is 6.34. The summed E-state index contributed by atoms with van der Waals surface area (Å²) in [4.78, 5) is 13.0. The Labute approximate surface area is 183 Å². The second-order valence-electron chi connectivity index (χ2n) is 6.76. The Kier molecular flexibility index (Phi) is 8.82. The zero-order valence-corrected chi connectivity index (χ0v) is 19.5. The van der Waals surface area contributed by atoms with Gasteiger partial charge in [0.05, 0.1) is 12.2 Å². The van der Waals surface area contributed by atoms with Gasteiger partial charge in [0.25, 0.3) is 0 Å². The van der Waals surface area contributed by atoms with Crippen molar-refractivity contribution in [3.8, 4) is 0 Å². The Morgan fingerprint density at radius 3 is 2.70 bits per heavy atom. The lowest BCUT2D eigenvalue weighted by Crippen LogP contribution is -2.40. The fourth-order valence-corrected chi connectivity index (χ4v) is 4.07. The van der Waals surface area contributed by atoms with Crippen molar-refractivity contribution in [3.05, 3.63) is 45.9 Å². The number of rotatable bonds is 6. The first-order valence-corrected chi connectivity index (χ1v) is 10.2. The lowest BCUT2D eigenvalue weighted by Gasteiger charge is -2.19. The molecule has 1 saturated heterocycles. The van der Waals surface area contributed by atoms with Crippen LogP contribution in [0.5, 0.6) is 0 Å². The van der Waals surface area contributed by atoms with Crippen molar-refractivity contribution in [2.24, 2.45) is 10.9 Å².